The molecule has 2 N–H and O–H groups in total. The van der Waals surface area contributed by atoms with Gasteiger partial charge in [-0.2, -0.15) is 0 Å². The molecule has 0 bridgehead atoms. The number of rotatable bonds is 5. The Morgan fingerprint density at radius 1 is 1.14 bits per heavy atom. The standard InChI is InChI=1S/C15H15ClN2O4/c1-8(19)9-4-12(17-7-9)15(20)18-11-6-13(21-2)10(16)5-14(11)22-3/h4-7,17H,1-3H3,(H,18,20). The molecule has 1 heterocycles. The number of ketones is 1. The van der Waals surface area contributed by atoms with E-state index in [9.17, 15) is 9.59 Å². The molecule has 7 heteroatoms. The van der Waals surface area contributed by atoms with E-state index in [1.165, 1.54) is 33.4 Å². The van der Waals surface area contributed by atoms with Gasteiger partial charge in [-0.05, 0) is 13.0 Å². The zero-order chi connectivity index (χ0) is 16.3. The molecule has 0 unspecified atom stereocenters. The fourth-order valence-electron chi connectivity index (χ4n) is 1.88. The van der Waals surface area contributed by atoms with Crippen molar-refractivity contribution >= 4 is 29.0 Å². The molecule has 0 aliphatic carbocycles. The van der Waals surface area contributed by atoms with E-state index in [1.807, 2.05) is 0 Å². The van der Waals surface area contributed by atoms with Gasteiger partial charge in [-0.25, -0.2) is 0 Å². The number of hydrogen-bond donors (Lipinski definition) is 2. The van der Waals surface area contributed by atoms with Gasteiger partial charge in [0.1, 0.15) is 17.2 Å². The number of ether oxygens (including phenoxy) is 2. The first kappa shape index (κ1) is 15.9. The Morgan fingerprint density at radius 2 is 1.82 bits per heavy atom. The Morgan fingerprint density at radius 3 is 2.36 bits per heavy atom. The molecule has 0 saturated carbocycles. The van der Waals surface area contributed by atoms with Crippen molar-refractivity contribution in [1.29, 1.82) is 0 Å². The Bertz CT molecular complexity index is 724. The highest BCUT2D eigenvalue weighted by molar-refractivity contribution is 6.32. The van der Waals surface area contributed by atoms with Crippen molar-refractivity contribution in [3.05, 3.63) is 40.7 Å². The van der Waals surface area contributed by atoms with Gasteiger partial charge >= 0.3 is 0 Å². The number of benzene rings is 1. The number of anilines is 1. The van der Waals surface area contributed by atoms with Gasteiger partial charge in [0.15, 0.2) is 5.78 Å². The van der Waals surface area contributed by atoms with Crippen LogP contribution in [-0.4, -0.2) is 30.9 Å². The number of Topliss-reactive ketones (excluding diaryl/α,β-unsaturated/α-hetero) is 1. The first-order valence-electron chi connectivity index (χ1n) is 6.38. The van der Waals surface area contributed by atoms with Crippen molar-refractivity contribution in [3.63, 3.8) is 0 Å². The Kier molecular flexibility index (Phi) is 4.72. The molecule has 2 aromatic rings. The van der Waals surface area contributed by atoms with Gasteiger partial charge in [0.2, 0.25) is 0 Å². The number of aromatic amines is 1. The Balaban J connectivity index is 2.28. The number of methoxy groups -OCH3 is 2. The van der Waals surface area contributed by atoms with Gasteiger partial charge in [-0.1, -0.05) is 11.6 Å². The number of carbonyl (C=O) groups is 2. The molecule has 0 aliphatic rings. The number of H-pyrrole nitrogens is 1. The summed E-state index contributed by atoms with van der Waals surface area (Å²) in [5.74, 6) is 0.280. The van der Waals surface area contributed by atoms with Crippen LogP contribution in [0, 0.1) is 0 Å². The summed E-state index contributed by atoms with van der Waals surface area (Å²) in [6.07, 6.45) is 1.48. The Hall–Kier alpha value is -2.47. The molecule has 1 aromatic heterocycles. The third-order valence-corrected chi connectivity index (χ3v) is 3.35. The number of carbonyl (C=O) groups excluding carboxylic acids is 2. The molecular weight excluding hydrogens is 308 g/mol. The summed E-state index contributed by atoms with van der Waals surface area (Å²) in [4.78, 5) is 26.2. The topological polar surface area (TPSA) is 80.4 Å². The third-order valence-electron chi connectivity index (χ3n) is 3.06. The van der Waals surface area contributed by atoms with Crippen LogP contribution < -0.4 is 14.8 Å². The summed E-state index contributed by atoms with van der Waals surface area (Å²) < 4.78 is 10.3. The molecule has 0 radical (unpaired) electrons. The minimum absolute atomic E-state index is 0.124. The van der Waals surface area contributed by atoms with E-state index in [1.54, 1.807) is 12.1 Å². The van der Waals surface area contributed by atoms with Crippen LogP contribution in [0.25, 0.3) is 0 Å². The van der Waals surface area contributed by atoms with Gasteiger partial charge in [-0.3, -0.25) is 9.59 Å². The maximum Gasteiger partial charge on any atom is 0.272 e. The highest BCUT2D eigenvalue weighted by atomic mass is 35.5. The third kappa shape index (κ3) is 3.23. The summed E-state index contributed by atoms with van der Waals surface area (Å²) in [7, 11) is 2.94. The highest BCUT2D eigenvalue weighted by Gasteiger charge is 2.15. The summed E-state index contributed by atoms with van der Waals surface area (Å²) in [6.45, 7) is 1.43. The van der Waals surface area contributed by atoms with E-state index in [4.69, 9.17) is 21.1 Å². The van der Waals surface area contributed by atoms with Crippen LogP contribution in [-0.2, 0) is 0 Å². The van der Waals surface area contributed by atoms with Gasteiger partial charge in [-0.15, -0.1) is 0 Å². The number of hydrogen-bond acceptors (Lipinski definition) is 4. The monoisotopic (exact) mass is 322 g/mol. The van der Waals surface area contributed by atoms with E-state index in [0.717, 1.165) is 0 Å². The van der Waals surface area contributed by atoms with Crippen LogP contribution in [0.15, 0.2) is 24.4 Å². The van der Waals surface area contributed by atoms with E-state index >= 15 is 0 Å². The molecule has 0 saturated heterocycles. The molecule has 2 rings (SSSR count). The largest absolute Gasteiger partial charge is 0.495 e. The second-order valence-corrected chi connectivity index (χ2v) is 4.91. The molecule has 6 nitrogen and oxygen atoms in total. The van der Waals surface area contributed by atoms with Crippen molar-refractivity contribution in [3.8, 4) is 11.5 Å². The zero-order valence-electron chi connectivity index (χ0n) is 12.3. The fraction of sp³-hybridized carbons (Fsp3) is 0.200. The molecular formula is C15H15ClN2O4. The fourth-order valence-corrected chi connectivity index (χ4v) is 2.11. The average Bonchev–Trinajstić information content (AvgIpc) is 2.98. The number of halogens is 1. The van der Waals surface area contributed by atoms with Gasteiger partial charge in [0.25, 0.3) is 5.91 Å². The first-order chi connectivity index (χ1) is 10.5. The molecule has 1 amide bonds. The normalized spacial score (nSPS) is 10.2. The lowest BCUT2D eigenvalue weighted by Crippen LogP contribution is -2.13. The summed E-state index contributed by atoms with van der Waals surface area (Å²) in [6, 6.07) is 4.59. The van der Waals surface area contributed by atoms with Gasteiger partial charge < -0.3 is 19.8 Å². The first-order valence-corrected chi connectivity index (χ1v) is 6.76. The van der Waals surface area contributed by atoms with Crippen molar-refractivity contribution in [2.45, 2.75) is 6.92 Å². The van der Waals surface area contributed by atoms with Gasteiger partial charge in [0.05, 0.1) is 24.9 Å². The van der Waals surface area contributed by atoms with Crippen LogP contribution in [0.1, 0.15) is 27.8 Å². The molecule has 0 atom stereocenters. The minimum Gasteiger partial charge on any atom is -0.495 e. The second kappa shape index (κ2) is 6.53. The molecule has 1 aromatic carbocycles. The summed E-state index contributed by atoms with van der Waals surface area (Å²) in [5, 5.41) is 3.06. The van der Waals surface area contributed by atoms with Crippen molar-refractivity contribution in [2.24, 2.45) is 0 Å². The lowest BCUT2D eigenvalue weighted by Gasteiger charge is -2.12. The second-order valence-electron chi connectivity index (χ2n) is 4.50. The lowest BCUT2D eigenvalue weighted by molar-refractivity contribution is 0.101. The number of nitrogens with one attached hydrogen (secondary N) is 2. The molecule has 116 valence electrons. The molecule has 22 heavy (non-hydrogen) atoms. The average molecular weight is 323 g/mol. The van der Waals surface area contributed by atoms with E-state index in [2.05, 4.69) is 10.3 Å². The highest BCUT2D eigenvalue weighted by Crippen LogP contribution is 2.36. The van der Waals surface area contributed by atoms with E-state index in [-0.39, 0.29) is 11.5 Å². The number of aromatic nitrogens is 1. The van der Waals surface area contributed by atoms with Crippen molar-refractivity contribution in [2.75, 3.05) is 19.5 Å². The minimum atomic E-state index is -0.407. The van der Waals surface area contributed by atoms with E-state index < -0.39 is 5.91 Å². The predicted octanol–water partition coefficient (Wildman–Crippen LogP) is 3.14. The molecule has 0 fully saturated rings. The Labute approximate surface area is 132 Å². The van der Waals surface area contributed by atoms with Gasteiger partial charge in [0, 0.05) is 23.9 Å². The summed E-state index contributed by atoms with van der Waals surface area (Å²) >= 11 is 6.01. The van der Waals surface area contributed by atoms with Crippen molar-refractivity contribution in [1.82, 2.24) is 4.98 Å². The van der Waals surface area contributed by atoms with Crippen LogP contribution in [0.2, 0.25) is 5.02 Å². The van der Waals surface area contributed by atoms with Crippen molar-refractivity contribution < 1.29 is 19.1 Å². The maximum atomic E-state index is 12.2. The smallest absolute Gasteiger partial charge is 0.272 e. The number of amides is 1. The predicted molar refractivity (Wildman–Crippen MR) is 83.3 cm³/mol. The molecule has 0 aliphatic heterocycles. The lowest BCUT2D eigenvalue weighted by atomic mass is 10.2. The SMILES string of the molecule is COc1cc(NC(=O)c2cc(C(C)=O)c[nH]2)c(OC)cc1Cl. The van der Waals surface area contributed by atoms with Crippen LogP contribution in [0.5, 0.6) is 11.5 Å². The van der Waals surface area contributed by atoms with Crippen LogP contribution in [0.3, 0.4) is 0 Å². The zero-order valence-corrected chi connectivity index (χ0v) is 13.1. The van der Waals surface area contributed by atoms with Crippen LogP contribution in [0.4, 0.5) is 5.69 Å². The quantitative estimate of drug-likeness (QED) is 0.829. The molecule has 0 spiro atoms. The van der Waals surface area contributed by atoms with Crippen LogP contribution >= 0.6 is 11.6 Å². The maximum absolute atomic E-state index is 12.2. The van der Waals surface area contributed by atoms with E-state index in [0.29, 0.717) is 27.8 Å². The summed E-state index contributed by atoms with van der Waals surface area (Å²) in [5.41, 5.74) is 1.11.